The smallest absolute Gasteiger partial charge is 0.408 e. The van der Waals surface area contributed by atoms with Gasteiger partial charge in [0.05, 0.1) is 0 Å². The molecule has 0 aliphatic rings. The molecule has 0 aliphatic carbocycles. The summed E-state index contributed by atoms with van der Waals surface area (Å²) in [5.74, 6) is -3.74. The summed E-state index contributed by atoms with van der Waals surface area (Å²) in [7, 11) is 0. The number of anilines is 1. The Kier molecular flexibility index (Phi) is 21.9. The van der Waals surface area contributed by atoms with E-state index in [1.54, 1.807) is 53.7 Å². The van der Waals surface area contributed by atoms with Gasteiger partial charge >= 0.3 is 11.7 Å². The Morgan fingerprint density at radius 1 is 0.689 bits per heavy atom. The van der Waals surface area contributed by atoms with Crippen LogP contribution in [0.5, 0.6) is 0 Å². The van der Waals surface area contributed by atoms with Gasteiger partial charge in [0.2, 0.25) is 23.6 Å². The summed E-state index contributed by atoms with van der Waals surface area (Å²) in [6.45, 7) is 10.5. The molecule has 22 nitrogen and oxygen atoms in total. The highest BCUT2D eigenvalue weighted by atomic mass is 35.5. The van der Waals surface area contributed by atoms with Gasteiger partial charge in [-0.15, -0.1) is 12.4 Å². The molecule has 1 aromatic carbocycles. The van der Waals surface area contributed by atoms with Crippen LogP contribution in [0.2, 0.25) is 0 Å². The fourth-order valence-electron chi connectivity index (χ4n) is 5.72. The Hall–Kier alpha value is -6.32. The zero-order valence-corrected chi connectivity index (χ0v) is 36.4. The first-order valence-electron chi connectivity index (χ1n) is 19.5. The zero-order chi connectivity index (χ0) is 45.2. The molecule has 1 heterocycles. The molecule has 0 saturated heterocycles. The lowest BCUT2D eigenvalue weighted by molar-refractivity contribution is -0.134. The van der Waals surface area contributed by atoms with Gasteiger partial charge in [0.1, 0.15) is 35.4 Å². The fourth-order valence-corrected chi connectivity index (χ4v) is 5.72. The molecule has 0 radical (unpaired) electrons. The van der Waals surface area contributed by atoms with Crippen molar-refractivity contribution < 1.29 is 33.1 Å². The summed E-state index contributed by atoms with van der Waals surface area (Å²) in [5, 5.41) is 14.1. The molecule has 0 aliphatic heterocycles. The van der Waals surface area contributed by atoms with E-state index in [0.29, 0.717) is 17.4 Å². The highest BCUT2D eigenvalue weighted by molar-refractivity contribution is 6.00. The number of rotatable bonds is 22. The number of alkyl carbamates (subject to hydrolysis) is 1. The van der Waals surface area contributed by atoms with Crippen LogP contribution in [-0.2, 0) is 23.9 Å². The van der Waals surface area contributed by atoms with Gasteiger partial charge < -0.3 is 70.1 Å². The van der Waals surface area contributed by atoms with Crippen LogP contribution in [-0.4, -0.2) is 97.0 Å². The third-order valence-electron chi connectivity index (χ3n) is 8.58. The van der Waals surface area contributed by atoms with Crippen molar-refractivity contribution in [2.75, 3.05) is 25.0 Å². The number of aryl methyl sites for hydroxylation is 1. The third kappa shape index (κ3) is 20.0. The van der Waals surface area contributed by atoms with E-state index in [9.17, 15) is 28.8 Å². The van der Waals surface area contributed by atoms with E-state index < -0.39 is 71.0 Å². The highest BCUT2D eigenvalue weighted by Crippen LogP contribution is 2.21. The first kappa shape index (κ1) is 52.7. The number of hydrogen-bond donors (Lipinski definition) is 11. The van der Waals surface area contributed by atoms with Gasteiger partial charge in [-0.2, -0.15) is 0 Å². The van der Waals surface area contributed by atoms with Crippen molar-refractivity contribution >= 4 is 76.7 Å². The summed E-state index contributed by atoms with van der Waals surface area (Å²) in [6.07, 6.45) is 0.123. The molecule has 5 amide bonds. The standard InChI is InChI=1S/C38H62N14O8.ClH/c1-20(2)29(52-32(56)26(12-9-17-47-36(43)44)51-37(58)60-38(4,5)6)33(57)50-25(11-8-16-46-35(41)42)31(55)49-24(10-7-15-45-34(39)40)30(54)48-22-13-14-23-21(3)18-28(53)59-27(23)19-22;/h13-14,18-20,24-26,29H,7-12,15-17H2,1-6H3,(H,48,54)(H,49,55)(H,50,57)(H,51,58)(H,52,56)(H4,39,40,45)(H4,41,42,46)(H4,43,44,47);1H/t24-,25-,26-,29-;/m0./s1. The van der Waals surface area contributed by atoms with Crippen LogP contribution < -0.4 is 66.6 Å². The van der Waals surface area contributed by atoms with Crippen LogP contribution in [0.25, 0.3) is 11.0 Å². The maximum absolute atomic E-state index is 14.0. The largest absolute Gasteiger partial charge is 0.444 e. The molecule has 0 unspecified atom stereocenters. The molecular formula is C38H63ClN14O8. The molecule has 0 fully saturated rings. The summed E-state index contributed by atoms with van der Waals surface area (Å²) >= 11 is 0. The third-order valence-corrected chi connectivity index (χ3v) is 8.58. The fraction of sp³-hybridized carbons (Fsp3) is 0.553. The predicted molar refractivity (Wildman–Crippen MR) is 237 cm³/mol. The molecule has 17 N–H and O–H groups in total. The molecule has 23 heteroatoms. The minimum atomic E-state index is -1.24. The number of hydrogen-bond acceptors (Lipinski definition) is 11. The number of guanidine groups is 3. The topological polar surface area (TPSA) is 378 Å². The highest BCUT2D eigenvalue weighted by Gasteiger charge is 2.33. The van der Waals surface area contributed by atoms with Crippen LogP contribution >= 0.6 is 12.4 Å². The number of nitrogens with one attached hydrogen (secondary N) is 5. The maximum Gasteiger partial charge on any atom is 0.408 e. The van der Waals surface area contributed by atoms with E-state index in [1.807, 2.05) is 0 Å². The van der Waals surface area contributed by atoms with Gasteiger partial charge in [0.25, 0.3) is 0 Å². The van der Waals surface area contributed by atoms with Crippen molar-refractivity contribution in [3.8, 4) is 0 Å². The monoisotopic (exact) mass is 878 g/mol. The minimum Gasteiger partial charge on any atom is -0.444 e. The molecule has 2 aromatic rings. The average Bonchev–Trinajstić information content (AvgIpc) is 3.12. The predicted octanol–water partition coefficient (Wildman–Crippen LogP) is -0.374. The lowest BCUT2D eigenvalue weighted by Crippen LogP contribution is -2.59. The van der Waals surface area contributed by atoms with E-state index in [4.69, 9.17) is 43.6 Å². The van der Waals surface area contributed by atoms with Gasteiger partial charge in [-0.3, -0.25) is 34.2 Å². The van der Waals surface area contributed by atoms with Gasteiger partial charge in [0.15, 0.2) is 17.9 Å². The molecule has 0 bridgehead atoms. The Morgan fingerprint density at radius 3 is 1.62 bits per heavy atom. The second-order valence-corrected chi connectivity index (χ2v) is 15.3. The number of aliphatic imine (C=N–C) groups is 3. The first-order chi connectivity index (χ1) is 28.1. The SMILES string of the molecule is Cc1cc(=O)oc2cc(NC(=O)[C@H](CCCN=C(N)N)NC(=O)[C@H](CCCN=C(N)N)NC(=O)[C@@H](NC(=O)[C@H](CCCN=C(N)N)NC(=O)OC(C)(C)C)C(C)C)ccc12.Cl. The normalized spacial score (nSPS) is 12.9. The van der Waals surface area contributed by atoms with Crippen molar-refractivity contribution in [1.82, 2.24) is 21.3 Å². The quantitative estimate of drug-likeness (QED) is 0.0311. The Balaban J connectivity index is 0.0000186. The zero-order valence-electron chi connectivity index (χ0n) is 35.5. The maximum atomic E-state index is 14.0. The lowest BCUT2D eigenvalue weighted by Gasteiger charge is -2.28. The van der Waals surface area contributed by atoms with Gasteiger partial charge in [-0.25, -0.2) is 9.59 Å². The average molecular weight is 879 g/mol. The van der Waals surface area contributed by atoms with Gasteiger partial charge in [-0.05, 0) is 89.8 Å². The van der Waals surface area contributed by atoms with Crippen molar-refractivity contribution in [1.29, 1.82) is 0 Å². The molecule has 0 saturated carbocycles. The van der Waals surface area contributed by atoms with Crippen molar-refractivity contribution in [2.45, 2.75) is 110 Å². The second-order valence-electron chi connectivity index (χ2n) is 15.3. The van der Waals surface area contributed by atoms with E-state index in [2.05, 4.69) is 41.6 Å². The number of fused-ring (bicyclic) bond motifs is 1. The van der Waals surface area contributed by atoms with Crippen LogP contribution in [0.15, 0.2) is 48.5 Å². The molecule has 340 valence electrons. The molecule has 0 spiro atoms. The van der Waals surface area contributed by atoms with E-state index in [0.717, 1.165) is 0 Å². The van der Waals surface area contributed by atoms with Crippen LogP contribution in [0.1, 0.15) is 78.7 Å². The van der Waals surface area contributed by atoms with Crippen molar-refractivity contribution in [3.05, 3.63) is 40.2 Å². The molecule has 2 rings (SSSR count). The molecule has 1 aromatic heterocycles. The number of benzene rings is 1. The number of ether oxygens (including phenoxy) is 1. The summed E-state index contributed by atoms with van der Waals surface area (Å²) < 4.78 is 10.7. The van der Waals surface area contributed by atoms with E-state index in [1.165, 1.54) is 12.1 Å². The van der Waals surface area contributed by atoms with Crippen LogP contribution in [0.4, 0.5) is 10.5 Å². The molecular weight excluding hydrogens is 816 g/mol. The summed E-state index contributed by atoms with van der Waals surface area (Å²) in [6, 6.07) is 1.40. The molecule has 61 heavy (non-hydrogen) atoms. The van der Waals surface area contributed by atoms with Crippen LogP contribution in [0.3, 0.4) is 0 Å². The second kappa shape index (κ2) is 25.3. The minimum absolute atomic E-state index is 0. The number of nitrogens with two attached hydrogens (primary N) is 6. The number of halogens is 1. The number of carbonyl (C=O) groups is 5. The van der Waals surface area contributed by atoms with Crippen molar-refractivity contribution in [3.63, 3.8) is 0 Å². The molecule has 4 atom stereocenters. The lowest BCUT2D eigenvalue weighted by atomic mass is 10.0. The number of carbonyl (C=O) groups excluding carboxylic acids is 5. The van der Waals surface area contributed by atoms with Gasteiger partial charge in [-0.1, -0.05) is 13.8 Å². The van der Waals surface area contributed by atoms with Gasteiger partial charge in [0, 0.05) is 42.8 Å². The Labute approximate surface area is 360 Å². The van der Waals surface area contributed by atoms with Crippen molar-refractivity contribution in [2.24, 2.45) is 55.3 Å². The number of nitrogens with zero attached hydrogens (tertiary/aromatic N) is 3. The number of amides is 5. The Morgan fingerprint density at radius 2 is 1.15 bits per heavy atom. The summed E-state index contributed by atoms with van der Waals surface area (Å²) in [4.78, 5) is 91.9. The Bertz CT molecular complexity index is 1950. The van der Waals surface area contributed by atoms with E-state index in [-0.39, 0.29) is 93.3 Å². The first-order valence-corrected chi connectivity index (χ1v) is 19.5. The summed E-state index contributed by atoms with van der Waals surface area (Å²) in [5.41, 5.74) is 32.6. The van der Waals surface area contributed by atoms with E-state index >= 15 is 0 Å². The van der Waals surface area contributed by atoms with Crippen LogP contribution in [0, 0.1) is 12.8 Å².